The molecule has 3 heterocycles. The highest BCUT2D eigenvalue weighted by Gasteiger charge is 2.52. The van der Waals surface area contributed by atoms with Crippen molar-refractivity contribution in [2.75, 3.05) is 26.4 Å². The van der Waals surface area contributed by atoms with Crippen molar-refractivity contribution in [3.63, 3.8) is 0 Å². The molecular formula is C24H29BN2O6. The predicted molar refractivity (Wildman–Crippen MR) is 122 cm³/mol. The zero-order chi connectivity index (χ0) is 24.2. The first-order valence-corrected chi connectivity index (χ1v) is 10.9. The molecule has 0 unspecified atom stereocenters. The van der Waals surface area contributed by atoms with E-state index in [9.17, 15) is 10.2 Å². The molecule has 0 bridgehead atoms. The lowest BCUT2D eigenvalue weighted by Crippen LogP contribution is -2.41. The molecular weight excluding hydrogens is 423 g/mol. The van der Waals surface area contributed by atoms with E-state index < -0.39 is 11.5 Å². The van der Waals surface area contributed by atoms with Gasteiger partial charge in [0.2, 0.25) is 0 Å². The number of hydrogen-bond donors (Lipinski definition) is 2. The van der Waals surface area contributed by atoms with Crippen molar-refractivity contribution in [2.45, 2.75) is 51.7 Å². The topological polar surface area (TPSA) is 125 Å². The van der Waals surface area contributed by atoms with Crippen LogP contribution in [0.3, 0.4) is 0 Å². The number of nitrogens with zero attached hydrogens (tertiary/aromatic N) is 2. The third-order valence-corrected chi connectivity index (χ3v) is 6.35. The molecule has 9 heteroatoms. The number of phenolic OH excluding ortho intramolecular Hbond substituents is 2. The van der Waals surface area contributed by atoms with Crippen LogP contribution in [0, 0.1) is 22.7 Å². The first-order chi connectivity index (χ1) is 15.6. The van der Waals surface area contributed by atoms with E-state index in [1.54, 1.807) is 6.08 Å². The van der Waals surface area contributed by atoms with Crippen molar-refractivity contribution in [1.29, 1.82) is 10.5 Å². The molecule has 8 nitrogen and oxygen atoms in total. The Morgan fingerprint density at radius 3 is 2.00 bits per heavy atom. The number of hydrogen-bond acceptors (Lipinski definition) is 8. The molecule has 1 saturated heterocycles. The van der Waals surface area contributed by atoms with Gasteiger partial charge >= 0.3 is 7.12 Å². The van der Waals surface area contributed by atoms with E-state index >= 15 is 0 Å². The third kappa shape index (κ3) is 5.24. The van der Waals surface area contributed by atoms with Gasteiger partial charge in [0.05, 0.1) is 49.3 Å². The zero-order valence-corrected chi connectivity index (χ0v) is 19.5. The Labute approximate surface area is 194 Å². The summed E-state index contributed by atoms with van der Waals surface area (Å²) < 4.78 is 22.4. The van der Waals surface area contributed by atoms with E-state index in [1.807, 2.05) is 12.1 Å². The average Bonchev–Trinajstić information content (AvgIpc) is 3.03. The van der Waals surface area contributed by atoms with E-state index in [2.05, 4.69) is 33.8 Å². The molecule has 0 atom stereocenters. The molecule has 3 aliphatic heterocycles. The van der Waals surface area contributed by atoms with Crippen molar-refractivity contribution in [2.24, 2.45) is 0 Å². The van der Waals surface area contributed by atoms with Crippen molar-refractivity contribution in [3.8, 4) is 23.6 Å². The summed E-state index contributed by atoms with van der Waals surface area (Å²) in [5, 5.41) is 37.3. The fourth-order valence-corrected chi connectivity index (χ4v) is 3.69. The minimum absolute atomic E-state index is 0.0697. The summed E-state index contributed by atoms with van der Waals surface area (Å²) >= 11 is 0. The second-order valence-electron chi connectivity index (χ2n) is 9.01. The summed E-state index contributed by atoms with van der Waals surface area (Å²) in [5.41, 5.74) is 2.02. The molecule has 1 fully saturated rings. The molecule has 0 aliphatic carbocycles. The Morgan fingerprint density at radius 2 is 1.52 bits per heavy atom. The number of ether oxygens (including phenoxy) is 2. The second-order valence-corrected chi connectivity index (χ2v) is 9.01. The van der Waals surface area contributed by atoms with E-state index in [1.165, 1.54) is 11.5 Å². The zero-order valence-electron chi connectivity index (χ0n) is 19.5. The summed E-state index contributed by atoms with van der Waals surface area (Å²) in [7, 11) is -0.182. The summed E-state index contributed by atoms with van der Waals surface area (Å²) in [4.78, 5) is 0. The first kappa shape index (κ1) is 24.8. The maximum atomic E-state index is 9.69. The number of benzene rings is 1. The highest BCUT2D eigenvalue weighted by atomic mass is 16.7. The van der Waals surface area contributed by atoms with Crippen LogP contribution in [-0.4, -0.2) is 55.0 Å². The highest BCUT2D eigenvalue weighted by Crippen LogP contribution is 2.40. The van der Waals surface area contributed by atoms with E-state index in [0.29, 0.717) is 31.8 Å². The van der Waals surface area contributed by atoms with Crippen LogP contribution >= 0.6 is 0 Å². The van der Waals surface area contributed by atoms with E-state index in [0.717, 1.165) is 18.6 Å². The fraction of sp³-hybridized carbons (Fsp3) is 0.500. The fourth-order valence-electron chi connectivity index (χ4n) is 3.69. The number of nitriles is 2. The van der Waals surface area contributed by atoms with Gasteiger partial charge in [-0.2, -0.15) is 10.5 Å². The van der Waals surface area contributed by atoms with Crippen molar-refractivity contribution in [1.82, 2.24) is 0 Å². The lowest BCUT2D eigenvalue weighted by Gasteiger charge is -2.32. The molecule has 0 amide bonds. The molecule has 0 aromatic heterocycles. The lowest BCUT2D eigenvalue weighted by molar-refractivity contribution is 0.00578. The molecule has 3 aliphatic rings. The predicted octanol–water partition coefficient (Wildman–Crippen LogP) is 3.61. The molecule has 1 aromatic carbocycles. The maximum absolute atomic E-state index is 9.69. The maximum Gasteiger partial charge on any atom is 0.490 e. The highest BCUT2D eigenvalue weighted by molar-refractivity contribution is 6.54. The summed E-state index contributed by atoms with van der Waals surface area (Å²) in [6.07, 6.45) is 5.33. The Kier molecular flexibility index (Phi) is 7.51. The van der Waals surface area contributed by atoms with Gasteiger partial charge in [-0.05, 0) is 51.6 Å². The van der Waals surface area contributed by atoms with Gasteiger partial charge in [0.1, 0.15) is 11.6 Å². The van der Waals surface area contributed by atoms with Crippen LogP contribution in [0.2, 0.25) is 0 Å². The third-order valence-electron chi connectivity index (χ3n) is 6.35. The average molecular weight is 452 g/mol. The largest absolute Gasteiger partial charge is 0.504 e. The SMILES string of the molecule is CC1(C)OB(C2=CCOCC2)OC1(C)C.N#Cc1cc(O)c(O)c(C#N)c1C1=CCOCC1. The quantitative estimate of drug-likeness (QED) is 0.515. The number of phenols is 2. The second kappa shape index (κ2) is 9.99. The monoisotopic (exact) mass is 452 g/mol. The van der Waals surface area contributed by atoms with E-state index in [-0.39, 0.29) is 29.4 Å². The Balaban J connectivity index is 0.000000189. The molecule has 4 rings (SSSR count). The molecule has 0 spiro atoms. The van der Waals surface area contributed by atoms with Gasteiger partial charge in [0.25, 0.3) is 0 Å². The smallest absolute Gasteiger partial charge is 0.490 e. The normalized spacial score (nSPS) is 21.1. The van der Waals surface area contributed by atoms with Gasteiger partial charge in [-0.25, -0.2) is 0 Å². The van der Waals surface area contributed by atoms with Crippen LogP contribution in [0.1, 0.15) is 57.2 Å². The van der Waals surface area contributed by atoms with Gasteiger partial charge in [0.15, 0.2) is 11.5 Å². The molecule has 0 radical (unpaired) electrons. The summed E-state index contributed by atoms with van der Waals surface area (Å²) in [6.45, 7) is 10.7. The molecule has 174 valence electrons. The van der Waals surface area contributed by atoms with Gasteiger partial charge in [-0.1, -0.05) is 12.2 Å². The molecule has 2 N–H and O–H groups in total. The van der Waals surface area contributed by atoms with Crippen molar-refractivity contribution >= 4 is 12.7 Å². The van der Waals surface area contributed by atoms with Crippen LogP contribution in [0.15, 0.2) is 23.7 Å². The van der Waals surface area contributed by atoms with Crippen LogP contribution in [-0.2, 0) is 18.8 Å². The van der Waals surface area contributed by atoms with Crippen LogP contribution in [0.25, 0.3) is 5.57 Å². The van der Waals surface area contributed by atoms with Crippen LogP contribution in [0.5, 0.6) is 11.5 Å². The molecule has 0 saturated carbocycles. The van der Waals surface area contributed by atoms with Gasteiger partial charge in [-0.15, -0.1) is 0 Å². The first-order valence-electron chi connectivity index (χ1n) is 10.9. The van der Waals surface area contributed by atoms with Gasteiger partial charge < -0.3 is 29.0 Å². The molecule has 1 aromatic rings. The minimum Gasteiger partial charge on any atom is -0.504 e. The minimum atomic E-state index is -0.487. The lowest BCUT2D eigenvalue weighted by atomic mass is 9.75. The van der Waals surface area contributed by atoms with Gasteiger partial charge in [-0.3, -0.25) is 0 Å². The number of aromatic hydroxyl groups is 2. The van der Waals surface area contributed by atoms with Crippen molar-refractivity contribution in [3.05, 3.63) is 40.4 Å². The summed E-state index contributed by atoms with van der Waals surface area (Å²) in [6, 6.07) is 4.93. The Morgan fingerprint density at radius 1 is 0.909 bits per heavy atom. The van der Waals surface area contributed by atoms with Crippen molar-refractivity contribution < 1.29 is 29.0 Å². The van der Waals surface area contributed by atoms with Crippen LogP contribution in [0.4, 0.5) is 0 Å². The van der Waals surface area contributed by atoms with E-state index in [4.69, 9.17) is 29.3 Å². The number of rotatable bonds is 2. The summed E-state index contributed by atoms with van der Waals surface area (Å²) in [5.74, 6) is -0.946. The van der Waals surface area contributed by atoms with Crippen LogP contribution < -0.4 is 0 Å². The van der Waals surface area contributed by atoms with Gasteiger partial charge in [0, 0.05) is 11.6 Å². The standard InChI is InChI=1S/C13H10N2O3.C11H19BO3/c14-6-9-5-11(16)13(17)10(7-15)12(9)8-1-3-18-4-2-8;1-10(2)11(3,4)15-12(14-10)9-5-7-13-8-6-9/h1,5,16-17H,2-4H2;5H,6-8H2,1-4H3. The molecule has 33 heavy (non-hydrogen) atoms. The Bertz CT molecular complexity index is 1030. The Hall–Kier alpha value is -2.82.